The predicted molar refractivity (Wildman–Crippen MR) is 111 cm³/mol. The molecule has 2 saturated heterocycles. The Morgan fingerprint density at radius 2 is 1.64 bits per heavy atom. The molecule has 2 fully saturated rings. The normalized spacial score (nSPS) is 22.5. The number of rotatable bonds is 6. The Bertz CT molecular complexity index is 746. The van der Waals surface area contributed by atoms with Crippen molar-refractivity contribution in [3.8, 4) is 0 Å². The van der Waals surface area contributed by atoms with Crippen LogP contribution in [0, 0.1) is 5.92 Å². The second kappa shape index (κ2) is 10.1. The van der Waals surface area contributed by atoms with E-state index in [0.29, 0.717) is 31.2 Å². The van der Waals surface area contributed by atoms with Gasteiger partial charge in [0.05, 0.1) is 5.92 Å². The van der Waals surface area contributed by atoms with Crippen molar-refractivity contribution in [2.75, 3.05) is 32.7 Å². The summed E-state index contributed by atoms with van der Waals surface area (Å²) in [5.74, 6) is -0.328. The Labute approximate surface area is 173 Å². The molecule has 0 saturated carbocycles. The Hall–Kier alpha value is -1.15. The van der Waals surface area contributed by atoms with Crippen molar-refractivity contribution >= 4 is 27.7 Å². The first-order valence-electron chi connectivity index (χ1n) is 10.2. The van der Waals surface area contributed by atoms with Gasteiger partial charge in [0.15, 0.2) is 0 Å². The zero-order chi connectivity index (χ0) is 20.0. The van der Waals surface area contributed by atoms with E-state index in [1.807, 2.05) is 24.3 Å². The summed E-state index contributed by atoms with van der Waals surface area (Å²) in [6.07, 6.45) is 6.20. The molecule has 0 bridgehead atoms. The minimum Gasteiger partial charge on any atom is -0.355 e. The van der Waals surface area contributed by atoms with Crippen LogP contribution in [-0.2, 0) is 21.4 Å². The maximum Gasteiger partial charge on any atom is 0.281 e. The Balaban J connectivity index is 1.51. The maximum atomic E-state index is 13.0. The van der Waals surface area contributed by atoms with Crippen molar-refractivity contribution in [1.29, 1.82) is 0 Å². The molecule has 2 aliphatic heterocycles. The van der Waals surface area contributed by atoms with Gasteiger partial charge in [0.25, 0.3) is 10.2 Å². The first-order valence-corrected chi connectivity index (χ1v) is 12.0. The molecule has 0 spiro atoms. The van der Waals surface area contributed by atoms with Crippen molar-refractivity contribution in [2.45, 2.75) is 44.9 Å². The van der Waals surface area contributed by atoms with E-state index in [-0.39, 0.29) is 18.4 Å². The van der Waals surface area contributed by atoms with Crippen LogP contribution in [-0.4, -0.2) is 55.7 Å². The fourth-order valence-electron chi connectivity index (χ4n) is 3.93. The number of nitrogens with zero attached hydrogens (tertiary/aromatic N) is 2. The number of benzene rings is 1. The highest BCUT2D eigenvalue weighted by Gasteiger charge is 2.35. The number of carbonyl (C=O) groups excluding carboxylic acids is 1. The molecule has 1 aromatic rings. The average Bonchev–Trinajstić information content (AvgIpc) is 3.00. The molecule has 0 unspecified atom stereocenters. The van der Waals surface area contributed by atoms with Crippen LogP contribution in [0.3, 0.4) is 0 Å². The third kappa shape index (κ3) is 5.69. The van der Waals surface area contributed by atoms with Gasteiger partial charge < -0.3 is 5.32 Å². The third-order valence-corrected chi connectivity index (χ3v) is 7.85. The Kier molecular flexibility index (Phi) is 7.74. The van der Waals surface area contributed by atoms with E-state index in [9.17, 15) is 13.2 Å². The predicted octanol–water partition coefficient (Wildman–Crippen LogP) is 2.83. The number of hydrogen-bond acceptors (Lipinski definition) is 3. The summed E-state index contributed by atoms with van der Waals surface area (Å²) in [7, 11) is -3.47. The van der Waals surface area contributed by atoms with Crippen LogP contribution in [0.15, 0.2) is 24.3 Å². The lowest BCUT2D eigenvalue weighted by molar-refractivity contribution is -0.126. The van der Waals surface area contributed by atoms with Crippen molar-refractivity contribution in [3.63, 3.8) is 0 Å². The summed E-state index contributed by atoms with van der Waals surface area (Å²) in [4.78, 5) is 12.6. The van der Waals surface area contributed by atoms with Gasteiger partial charge in [-0.25, -0.2) is 0 Å². The van der Waals surface area contributed by atoms with Gasteiger partial charge >= 0.3 is 0 Å². The largest absolute Gasteiger partial charge is 0.355 e. The van der Waals surface area contributed by atoms with Gasteiger partial charge in [-0.1, -0.05) is 36.6 Å². The summed E-state index contributed by atoms with van der Waals surface area (Å²) in [6, 6.07) is 7.58. The molecular weight excluding hydrogens is 398 g/mol. The summed E-state index contributed by atoms with van der Waals surface area (Å²) in [5.41, 5.74) is 1.11. The molecule has 1 aromatic carbocycles. The van der Waals surface area contributed by atoms with Gasteiger partial charge in [-0.05, 0) is 49.8 Å². The molecule has 1 amide bonds. The Morgan fingerprint density at radius 1 is 1.00 bits per heavy atom. The third-order valence-electron chi connectivity index (χ3n) is 5.60. The second-order valence-electron chi connectivity index (χ2n) is 7.69. The fourth-order valence-corrected chi connectivity index (χ4v) is 5.83. The summed E-state index contributed by atoms with van der Waals surface area (Å²) in [5, 5.41) is 3.67. The topological polar surface area (TPSA) is 69.7 Å². The van der Waals surface area contributed by atoms with Gasteiger partial charge in [-0.2, -0.15) is 17.0 Å². The fraction of sp³-hybridized carbons (Fsp3) is 0.650. The number of nitrogens with one attached hydrogen (secondary N) is 1. The van der Waals surface area contributed by atoms with Gasteiger partial charge in [-0.3, -0.25) is 4.79 Å². The molecule has 1 atom stereocenters. The number of amides is 1. The molecule has 28 heavy (non-hydrogen) atoms. The molecule has 0 aliphatic carbocycles. The molecule has 2 aliphatic rings. The Morgan fingerprint density at radius 3 is 2.32 bits per heavy atom. The van der Waals surface area contributed by atoms with Crippen molar-refractivity contribution in [3.05, 3.63) is 34.9 Å². The van der Waals surface area contributed by atoms with Crippen LogP contribution in [0.2, 0.25) is 5.02 Å². The smallest absolute Gasteiger partial charge is 0.281 e. The first-order chi connectivity index (χ1) is 13.5. The van der Waals surface area contributed by atoms with E-state index < -0.39 is 10.2 Å². The molecule has 0 radical (unpaired) electrons. The van der Waals surface area contributed by atoms with E-state index in [2.05, 4.69) is 5.32 Å². The monoisotopic (exact) mass is 427 g/mol. The lowest BCUT2D eigenvalue weighted by Gasteiger charge is -2.34. The average molecular weight is 428 g/mol. The SMILES string of the molecule is O=C(NCCc1ccc(Cl)cc1)[C@@H]1CCCN(S(=O)(=O)N2CCCCCC2)C1. The highest BCUT2D eigenvalue weighted by molar-refractivity contribution is 7.86. The van der Waals surface area contributed by atoms with Gasteiger partial charge in [0.2, 0.25) is 5.91 Å². The summed E-state index contributed by atoms with van der Waals surface area (Å²) < 4.78 is 29.1. The zero-order valence-electron chi connectivity index (χ0n) is 16.3. The van der Waals surface area contributed by atoms with Crippen LogP contribution in [0.4, 0.5) is 0 Å². The maximum absolute atomic E-state index is 13.0. The van der Waals surface area contributed by atoms with E-state index in [0.717, 1.165) is 50.5 Å². The summed E-state index contributed by atoms with van der Waals surface area (Å²) >= 11 is 5.89. The number of carbonyl (C=O) groups is 1. The molecule has 0 aromatic heterocycles. The summed E-state index contributed by atoms with van der Waals surface area (Å²) in [6.45, 7) is 2.52. The molecule has 8 heteroatoms. The van der Waals surface area contributed by atoms with Crippen LogP contribution in [0.25, 0.3) is 0 Å². The van der Waals surface area contributed by atoms with Gasteiger partial charge in [-0.15, -0.1) is 0 Å². The van der Waals surface area contributed by atoms with Crippen molar-refractivity contribution in [1.82, 2.24) is 13.9 Å². The lowest BCUT2D eigenvalue weighted by atomic mass is 9.99. The molecule has 2 heterocycles. The highest BCUT2D eigenvalue weighted by atomic mass is 35.5. The highest BCUT2D eigenvalue weighted by Crippen LogP contribution is 2.23. The minimum absolute atomic E-state index is 0.0512. The molecule has 156 valence electrons. The van der Waals surface area contributed by atoms with E-state index in [1.54, 1.807) is 4.31 Å². The van der Waals surface area contributed by atoms with Crippen LogP contribution < -0.4 is 5.32 Å². The number of halogens is 1. The van der Waals surface area contributed by atoms with E-state index >= 15 is 0 Å². The second-order valence-corrected chi connectivity index (χ2v) is 10.1. The van der Waals surface area contributed by atoms with E-state index in [1.165, 1.54) is 4.31 Å². The molecule has 3 rings (SSSR count). The minimum atomic E-state index is -3.47. The van der Waals surface area contributed by atoms with Gasteiger partial charge in [0, 0.05) is 37.7 Å². The van der Waals surface area contributed by atoms with Crippen molar-refractivity contribution < 1.29 is 13.2 Å². The first kappa shape index (κ1) is 21.6. The van der Waals surface area contributed by atoms with Crippen molar-refractivity contribution in [2.24, 2.45) is 5.92 Å². The van der Waals surface area contributed by atoms with E-state index in [4.69, 9.17) is 11.6 Å². The quantitative estimate of drug-likeness (QED) is 0.758. The van der Waals surface area contributed by atoms with Gasteiger partial charge in [0.1, 0.15) is 0 Å². The zero-order valence-corrected chi connectivity index (χ0v) is 17.8. The standard InChI is InChI=1S/C20H30ClN3O3S/c21-19-9-7-17(8-10-19)11-12-22-20(25)18-6-5-15-24(16-18)28(26,27)23-13-3-1-2-4-14-23/h7-10,18H,1-6,11-16H2,(H,22,25)/t18-/m1/s1. The van der Waals surface area contributed by atoms with Crippen LogP contribution >= 0.6 is 11.6 Å². The number of hydrogen-bond donors (Lipinski definition) is 1. The van der Waals surface area contributed by atoms with Crippen LogP contribution in [0.1, 0.15) is 44.1 Å². The van der Waals surface area contributed by atoms with Crippen LogP contribution in [0.5, 0.6) is 0 Å². The molecule has 1 N–H and O–H groups in total. The molecular formula is C20H30ClN3O3S. The number of piperidine rings is 1. The molecule has 6 nitrogen and oxygen atoms in total. The lowest BCUT2D eigenvalue weighted by Crippen LogP contribution is -2.50.